The van der Waals surface area contributed by atoms with Gasteiger partial charge in [0.25, 0.3) is 11.8 Å². The number of thiophene rings is 1. The van der Waals surface area contributed by atoms with Crippen LogP contribution >= 0.6 is 11.3 Å². The molecule has 1 aromatic heterocycles. The maximum Gasteiger partial charge on any atom is 0.254 e. The average Bonchev–Trinajstić information content (AvgIpc) is 3.10. The van der Waals surface area contributed by atoms with Gasteiger partial charge >= 0.3 is 0 Å². The van der Waals surface area contributed by atoms with Gasteiger partial charge in [-0.25, -0.2) is 0 Å². The van der Waals surface area contributed by atoms with E-state index in [1.165, 1.54) is 6.42 Å². The lowest BCUT2D eigenvalue weighted by Gasteiger charge is -2.37. The molecule has 4 nitrogen and oxygen atoms in total. The summed E-state index contributed by atoms with van der Waals surface area (Å²) in [5.74, 6) is 1.31. The SMILES string of the molecule is O=C1[C@@H]2[C@H]3C=C[C@H]([C@@H]4C[C@H]34)[C@@H]2C(=O)N1/N=C\c1cccs1. The normalized spacial score (nSPS) is 42.8. The molecule has 1 aromatic rings. The quantitative estimate of drug-likeness (QED) is 0.477. The molecule has 21 heavy (non-hydrogen) atoms. The Labute approximate surface area is 126 Å². The molecule has 2 saturated carbocycles. The number of allylic oxidation sites excluding steroid dienone is 2. The summed E-state index contributed by atoms with van der Waals surface area (Å²) in [7, 11) is 0. The van der Waals surface area contributed by atoms with E-state index in [0.717, 1.165) is 9.89 Å². The van der Waals surface area contributed by atoms with Gasteiger partial charge in [0.15, 0.2) is 0 Å². The summed E-state index contributed by atoms with van der Waals surface area (Å²) in [6.07, 6.45) is 7.16. The molecule has 4 aliphatic carbocycles. The van der Waals surface area contributed by atoms with Crippen molar-refractivity contribution in [1.29, 1.82) is 0 Å². The van der Waals surface area contributed by atoms with E-state index in [-0.39, 0.29) is 35.5 Å². The number of amides is 2. The van der Waals surface area contributed by atoms with Gasteiger partial charge in [-0.05, 0) is 41.5 Å². The Morgan fingerprint density at radius 3 is 2.38 bits per heavy atom. The molecule has 1 saturated heterocycles. The first-order chi connectivity index (χ1) is 10.3. The van der Waals surface area contributed by atoms with Gasteiger partial charge in [0.2, 0.25) is 0 Å². The number of carbonyl (C=O) groups is 2. The molecule has 0 radical (unpaired) electrons. The Bertz CT molecular complexity index is 657. The van der Waals surface area contributed by atoms with Crippen LogP contribution in [0.2, 0.25) is 0 Å². The predicted molar refractivity (Wildman–Crippen MR) is 78.5 cm³/mol. The van der Waals surface area contributed by atoms with Crippen molar-refractivity contribution in [2.24, 2.45) is 40.6 Å². The minimum absolute atomic E-state index is 0.0949. The predicted octanol–water partition coefficient (Wildman–Crippen LogP) is 2.14. The second-order valence-electron chi connectivity index (χ2n) is 6.40. The maximum atomic E-state index is 12.6. The second kappa shape index (κ2) is 3.91. The number of hydrogen-bond acceptors (Lipinski definition) is 4. The number of rotatable bonds is 2. The molecule has 1 aliphatic heterocycles. The van der Waals surface area contributed by atoms with E-state index in [4.69, 9.17) is 0 Å². The highest BCUT2D eigenvalue weighted by Gasteiger charge is 2.67. The van der Waals surface area contributed by atoms with Crippen LogP contribution in [0.1, 0.15) is 11.3 Å². The number of imide groups is 1. The molecule has 0 spiro atoms. The van der Waals surface area contributed by atoms with Crippen LogP contribution in [0.5, 0.6) is 0 Å². The van der Waals surface area contributed by atoms with Crippen LogP contribution < -0.4 is 0 Å². The van der Waals surface area contributed by atoms with Crippen LogP contribution in [0, 0.1) is 35.5 Å². The summed E-state index contributed by atoms with van der Waals surface area (Å²) in [6, 6.07) is 3.85. The zero-order valence-electron chi connectivity index (χ0n) is 11.3. The molecule has 6 rings (SSSR count). The van der Waals surface area contributed by atoms with E-state index in [1.54, 1.807) is 17.6 Å². The van der Waals surface area contributed by atoms with E-state index in [9.17, 15) is 9.59 Å². The summed E-state index contributed by atoms with van der Waals surface area (Å²) < 4.78 is 0. The lowest BCUT2D eigenvalue weighted by atomic mass is 9.63. The fourth-order valence-electron chi connectivity index (χ4n) is 4.53. The van der Waals surface area contributed by atoms with Crippen LogP contribution in [-0.2, 0) is 9.59 Å². The van der Waals surface area contributed by atoms with Gasteiger partial charge in [0.1, 0.15) is 0 Å². The van der Waals surface area contributed by atoms with Crippen molar-refractivity contribution in [3.63, 3.8) is 0 Å². The average molecular weight is 298 g/mol. The Morgan fingerprint density at radius 1 is 1.14 bits per heavy atom. The fourth-order valence-corrected chi connectivity index (χ4v) is 5.11. The molecule has 2 bridgehead atoms. The van der Waals surface area contributed by atoms with Crippen molar-refractivity contribution < 1.29 is 9.59 Å². The van der Waals surface area contributed by atoms with Crippen molar-refractivity contribution in [2.45, 2.75) is 6.42 Å². The molecule has 3 fully saturated rings. The maximum absolute atomic E-state index is 12.6. The highest BCUT2D eigenvalue weighted by atomic mass is 32.1. The summed E-state index contributed by atoms with van der Waals surface area (Å²) in [5.41, 5.74) is 0. The molecule has 2 amide bonds. The third kappa shape index (κ3) is 1.47. The molecule has 106 valence electrons. The molecule has 0 N–H and O–H groups in total. The molecular weight excluding hydrogens is 284 g/mol. The van der Waals surface area contributed by atoms with Gasteiger partial charge in [-0.15, -0.1) is 11.3 Å². The van der Waals surface area contributed by atoms with Crippen LogP contribution in [-0.4, -0.2) is 23.0 Å². The Kier molecular flexibility index (Phi) is 2.21. The first-order valence-corrected chi connectivity index (χ1v) is 8.27. The van der Waals surface area contributed by atoms with Gasteiger partial charge in [0, 0.05) is 4.88 Å². The van der Waals surface area contributed by atoms with Gasteiger partial charge in [-0.2, -0.15) is 10.1 Å². The Balaban J connectivity index is 1.48. The van der Waals surface area contributed by atoms with Crippen molar-refractivity contribution in [3.05, 3.63) is 34.5 Å². The van der Waals surface area contributed by atoms with Gasteiger partial charge in [-0.3, -0.25) is 9.59 Å². The summed E-state index contributed by atoms with van der Waals surface area (Å²) in [6.45, 7) is 0. The first kappa shape index (κ1) is 11.9. The van der Waals surface area contributed by atoms with Crippen LogP contribution in [0.25, 0.3) is 0 Å². The van der Waals surface area contributed by atoms with Crippen LogP contribution in [0.4, 0.5) is 0 Å². The third-order valence-electron chi connectivity index (χ3n) is 5.48. The van der Waals surface area contributed by atoms with E-state index in [2.05, 4.69) is 17.3 Å². The largest absolute Gasteiger partial charge is 0.272 e. The summed E-state index contributed by atoms with van der Waals surface area (Å²) in [4.78, 5) is 26.2. The topological polar surface area (TPSA) is 49.7 Å². The van der Waals surface area contributed by atoms with Crippen molar-refractivity contribution in [1.82, 2.24) is 5.01 Å². The highest BCUT2D eigenvalue weighted by Crippen LogP contribution is 2.65. The Morgan fingerprint density at radius 2 is 1.81 bits per heavy atom. The molecule has 5 aliphatic rings. The van der Waals surface area contributed by atoms with E-state index < -0.39 is 0 Å². The zero-order valence-corrected chi connectivity index (χ0v) is 12.1. The molecule has 2 heterocycles. The zero-order chi connectivity index (χ0) is 14.1. The van der Waals surface area contributed by atoms with Gasteiger partial charge in [0.05, 0.1) is 18.1 Å². The van der Waals surface area contributed by atoms with Gasteiger partial charge in [-0.1, -0.05) is 18.2 Å². The molecule has 6 atom stereocenters. The molecule has 0 unspecified atom stereocenters. The van der Waals surface area contributed by atoms with E-state index >= 15 is 0 Å². The lowest BCUT2D eigenvalue weighted by Crippen LogP contribution is -2.40. The van der Waals surface area contributed by atoms with Crippen LogP contribution in [0.3, 0.4) is 0 Å². The summed E-state index contributed by atoms with van der Waals surface area (Å²) in [5, 5.41) is 7.26. The van der Waals surface area contributed by atoms with Gasteiger partial charge < -0.3 is 0 Å². The van der Waals surface area contributed by atoms with E-state index in [1.807, 2.05) is 17.5 Å². The minimum atomic E-state index is -0.156. The molecule has 5 heteroatoms. The number of hydrogen-bond donors (Lipinski definition) is 0. The molecular formula is C16H14N2O2S. The van der Waals surface area contributed by atoms with E-state index in [0.29, 0.717) is 11.8 Å². The monoisotopic (exact) mass is 298 g/mol. The van der Waals surface area contributed by atoms with Crippen molar-refractivity contribution >= 4 is 29.4 Å². The smallest absolute Gasteiger partial charge is 0.254 e. The number of carbonyl (C=O) groups excluding carboxylic acids is 2. The fraction of sp³-hybridized carbons (Fsp3) is 0.438. The third-order valence-corrected chi connectivity index (χ3v) is 6.29. The van der Waals surface area contributed by atoms with Crippen LogP contribution in [0.15, 0.2) is 34.8 Å². The standard InChI is InChI=1S/C16H14N2O2S/c19-15-13-9-3-4-10(12-6-11(9)12)14(13)16(20)18(15)17-7-8-2-1-5-21-8/h1-5,7,9-14H,6H2/b17-7-/t9-,10+,11+,12-,13+,14-. The number of hydrazone groups is 1. The minimum Gasteiger partial charge on any atom is -0.272 e. The van der Waals surface area contributed by atoms with Crippen molar-refractivity contribution in [2.75, 3.05) is 0 Å². The van der Waals surface area contributed by atoms with Crippen molar-refractivity contribution in [3.8, 4) is 0 Å². The summed E-state index contributed by atoms with van der Waals surface area (Å²) >= 11 is 1.54. The Hall–Kier alpha value is -1.75. The lowest BCUT2D eigenvalue weighted by molar-refractivity contribution is -0.140. The second-order valence-corrected chi connectivity index (χ2v) is 7.38. The molecule has 0 aromatic carbocycles. The number of nitrogens with zero attached hydrogens (tertiary/aromatic N) is 2. The first-order valence-electron chi connectivity index (χ1n) is 7.39. The highest BCUT2D eigenvalue weighted by molar-refractivity contribution is 7.11.